The van der Waals surface area contributed by atoms with E-state index in [1.807, 2.05) is 0 Å². The van der Waals surface area contributed by atoms with E-state index in [4.69, 9.17) is 5.11 Å². The summed E-state index contributed by atoms with van der Waals surface area (Å²) in [6.45, 7) is 1.70. The van der Waals surface area contributed by atoms with Crippen LogP contribution in [-0.4, -0.2) is 53.7 Å². The monoisotopic (exact) mass is 301 g/mol. The Morgan fingerprint density at radius 1 is 1.35 bits per heavy atom. The third-order valence-electron chi connectivity index (χ3n) is 3.13. The lowest BCUT2D eigenvalue weighted by Crippen LogP contribution is -2.41. The van der Waals surface area contributed by atoms with Gasteiger partial charge in [-0.25, -0.2) is 0 Å². The first-order chi connectivity index (χ1) is 9.26. The maximum atomic E-state index is 12.3. The van der Waals surface area contributed by atoms with Crippen LogP contribution >= 0.6 is 0 Å². The number of aromatic nitrogens is 1. The highest BCUT2D eigenvalue weighted by atomic mass is 32.2. The number of carbonyl (C=O) groups is 1. The molecule has 0 aromatic carbocycles. The molecule has 0 fully saturated rings. The van der Waals surface area contributed by atoms with E-state index in [9.17, 15) is 13.2 Å². The lowest BCUT2D eigenvalue weighted by atomic mass is 10.1. The first kappa shape index (κ1) is 16.5. The van der Waals surface area contributed by atoms with Crippen molar-refractivity contribution in [1.29, 1.82) is 0 Å². The molecule has 0 aliphatic carbocycles. The summed E-state index contributed by atoms with van der Waals surface area (Å²) in [6.07, 6.45) is 2.97. The van der Waals surface area contributed by atoms with Crippen molar-refractivity contribution in [2.24, 2.45) is 0 Å². The molecule has 1 rings (SSSR count). The van der Waals surface area contributed by atoms with Crippen LogP contribution in [0.1, 0.15) is 24.9 Å². The average Bonchev–Trinajstić information content (AvgIpc) is 2.43. The fraction of sp³-hybridized carbons (Fsp3) is 0.500. The predicted molar refractivity (Wildman–Crippen MR) is 74.2 cm³/mol. The number of hydrogen-bond donors (Lipinski definition) is 1. The molecule has 1 heterocycles. The van der Waals surface area contributed by atoms with Crippen LogP contribution in [0.3, 0.4) is 0 Å². The largest absolute Gasteiger partial charge is 0.481 e. The van der Waals surface area contributed by atoms with E-state index < -0.39 is 16.2 Å². The highest BCUT2D eigenvalue weighted by Crippen LogP contribution is 2.22. The van der Waals surface area contributed by atoms with Gasteiger partial charge in [0.25, 0.3) is 10.2 Å². The molecule has 7 nitrogen and oxygen atoms in total. The normalized spacial score (nSPS) is 13.7. The van der Waals surface area contributed by atoms with Crippen LogP contribution in [0.15, 0.2) is 24.5 Å². The highest BCUT2D eigenvalue weighted by molar-refractivity contribution is 7.86. The standard InChI is InChI=1S/C12H19N3O4S/c1-10(11-4-7-13-8-5-11)15(3)20(18,19)14(2)9-6-12(16)17/h4-5,7-8,10H,6,9H2,1-3H3,(H,16,17). The summed E-state index contributed by atoms with van der Waals surface area (Å²) in [6, 6.07) is 3.12. The van der Waals surface area contributed by atoms with Gasteiger partial charge in [-0.1, -0.05) is 0 Å². The topological polar surface area (TPSA) is 90.8 Å². The SMILES string of the molecule is CC(c1ccncc1)N(C)S(=O)(=O)N(C)CCC(=O)O. The molecule has 0 aliphatic rings. The molecule has 0 saturated heterocycles. The molecule has 0 aliphatic heterocycles. The third-order valence-corrected chi connectivity index (χ3v) is 5.15. The minimum atomic E-state index is -3.70. The molecule has 1 aromatic heterocycles. The van der Waals surface area contributed by atoms with E-state index in [2.05, 4.69) is 4.98 Å². The Bertz CT molecular complexity index is 547. The van der Waals surface area contributed by atoms with Gasteiger partial charge < -0.3 is 5.11 Å². The molecule has 8 heteroatoms. The Labute approximate surface area is 119 Å². The zero-order chi connectivity index (χ0) is 15.3. The van der Waals surface area contributed by atoms with Gasteiger partial charge in [-0.3, -0.25) is 9.78 Å². The number of nitrogens with zero attached hydrogens (tertiary/aromatic N) is 3. The molecule has 20 heavy (non-hydrogen) atoms. The van der Waals surface area contributed by atoms with Crippen molar-refractivity contribution in [2.45, 2.75) is 19.4 Å². The molecule has 0 bridgehead atoms. The van der Waals surface area contributed by atoms with E-state index in [1.165, 1.54) is 18.4 Å². The number of aliphatic carboxylic acids is 1. The van der Waals surface area contributed by atoms with Crippen molar-refractivity contribution < 1.29 is 18.3 Å². The molecule has 1 aromatic rings. The Morgan fingerprint density at radius 3 is 2.40 bits per heavy atom. The molecule has 1 N–H and O–H groups in total. The van der Waals surface area contributed by atoms with Gasteiger partial charge in [0.15, 0.2) is 0 Å². The minimum Gasteiger partial charge on any atom is -0.481 e. The van der Waals surface area contributed by atoms with Crippen LogP contribution in [0, 0.1) is 0 Å². The summed E-state index contributed by atoms with van der Waals surface area (Å²) < 4.78 is 26.9. The number of pyridine rings is 1. The second-order valence-corrected chi connectivity index (χ2v) is 6.54. The molecule has 1 atom stereocenters. The summed E-state index contributed by atoms with van der Waals surface area (Å²) in [5, 5.41) is 8.61. The lowest BCUT2D eigenvalue weighted by Gasteiger charge is -2.28. The fourth-order valence-electron chi connectivity index (χ4n) is 1.64. The average molecular weight is 301 g/mol. The van der Waals surface area contributed by atoms with Gasteiger partial charge in [-0.05, 0) is 24.6 Å². The Kier molecular flexibility index (Phi) is 5.61. The van der Waals surface area contributed by atoms with E-state index in [0.29, 0.717) is 0 Å². The van der Waals surface area contributed by atoms with Crippen molar-refractivity contribution in [2.75, 3.05) is 20.6 Å². The van der Waals surface area contributed by atoms with Gasteiger partial charge in [0.05, 0.1) is 6.42 Å². The summed E-state index contributed by atoms with van der Waals surface area (Å²) in [7, 11) is -0.860. The predicted octanol–water partition coefficient (Wildman–Crippen LogP) is 0.726. The molecule has 1 unspecified atom stereocenters. The van der Waals surface area contributed by atoms with Crippen LogP contribution in [0.25, 0.3) is 0 Å². The van der Waals surface area contributed by atoms with Crippen LogP contribution in [0.4, 0.5) is 0 Å². The molecule has 112 valence electrons. The minimum absolute atomic E-state index is 0.0644. The maximum absolute atomic E-state index is 12.3. The van der Waals surface area contributed by atoms with Crippen LogP contribution in [0.5, 0.6) is 0 Å². The van der Waals surface area contributed by atoms with E-state index in [0.717, 1.165) is 9.87 Å². The van der Waals surface area contributed by atoms with Gasteiger partial charge >= 0.3 is 5.97 Å². The van der Waals surface area contributed by atoms with Gasteiger partial charge in [0.1, 0.15) is 0 Å². The fourth-order valence-corrected chi connectivity index (χ4v) is 2.92. The number of carboxylic acid groups (broad SMARTS) is 1. The zero-order valence-electron chi connectivity index (χ0n) is 11.7. The van der Waals surface area contributed by atoms with Crippen LogP contribution in [0.2, 0.25) is 0 Å². The van der Waals surface area contributed by atoms with Crippen molar-refractivity contribution in [3.8, 4) is 0 Å². The molecule has 0 radical (unpaired) electrons. The van der Waals surface area contributed by atoms with Gasteiger partial charge in [0.2, 0.25) is 0 Å². The first-order valence-electron chi connectivity index (χ1n) is 6.08. The summed E-state index contributed by atoms with van der Waals surface area (Å²) in [5.74, 6) is -1.03. The number of hydrogen-bond acceptors (Lipinski definition) is 4. The van der Waals surface area contributed by atoms with Crippen molar-refractivity contribution >= 4 is 16.2 Å². The Hall–Kier alpha value is -1.51. The molecule has 0 amide bonds. The van der Waals surface area contributed by atoms with Gasteiger partial charge in [-0.15, -0.1) is 0 Å². The molecular weight excluding hydrogens is 282 g/mol. The van der Waals surface area contributed by atoms with Gasteiger partial charge in [0, 0.05) is 39.1 Å². The van der Waals surface area contributed by atoms with Crippen molar-refractivity contribution in [3.63, 3.8) is 0 Å². The van der Waals surface area contributed by atoms with E-state index >= 15 is 0 Å². The lowest BCUT2D eigenvalue weighted by molar-refractivity contribution is -0.137. The van der Waals surface area contributed by atoms with Crippen molar-refractivity contribution in [3.05, 3.63) is 30.1 Å². The van der Waals surface area contributed by atoms with E-state index in [1.54, 1.807) is 31.5 Å². The molecule has 0 saturated carbocycles. The quantitative estimate of drug-likeness (QED) is 0.801. The second-order valence-electron chi connectivity index (χ2n) is 4.45. The first-order valence-corrected chi connectivity index (χ1v) is 7.47. The zero-order valence-corrected chi connectivity index (χ0v) is 12.5. The van der Waals surface area contributed by atoms with Gasteiger partial charge in [-0.2, -0.15) is 17.0 Å². The van der Waals surface area contributed by atoms with Crippen LogP contribution < -0.4 is 0 Å². The second kappa shape index (κ2) is 6.78. The number of rotatable bonds is 7. The summed E-state index contributed by atoms with van der Waals surface area (Å²) in [5.41, 5.74) is 0.817. The molecular formula is C12H19N3O4S. The Morgan fingerprint density at radius 2 is 1.90 bits per heavy atom. The maximum Gasteiger partial charge on any atom is 0.304 e. The summed E-state index contributed by atoms with van der Waals surface area (Å²) >= 11 is 0. The van der Waals surface area contributed by atoms with Crippen LogP contribution in [-0.2, 0) is 15.0 Å². The third kappa shape index (κ3) is 3.99. The highest BCUT2D eigenvalue weighted by Gasteiger charge is 2.28. The number of carboxylic acids is 1. The summed E-state index contributed by atoms with van der Waals surface area (Å²) in [4.78, 5) is 14.4. The smallest absolute Gasteiger partial charge is 0.304 e. The molecule has 0 spiro atoms. The van der Waals surface area contributed by atoms with E-state index in [-0.39, 0.29) is 19.0 Å². The Balaban J connectivity index is 2.83. The van der Waals surface area contributed by atoms with Crippen molar-refractivity contribution in [1.82, 2.24) is 13.6 Å².